The van der Waals surface area contributed by atoms with Gasteiger partial charge in [-0.3, -0.25) is 4.79 Å². The monoisotopic (exact) mass is 273 g/mol. The number of benzene rings is 1. The summed E-state index contributed by atoms with van der Waals surface area (Å²) in [5.74, 6) is 1.11. The van der Waals surface area contributed by atoms with Gasteiger partial charge in [-0.15, -0.1) is 0 Å². The highest BCUT2D eigenvalue weighted by Crippen LogP contribution is 2.26. The summed E-state index contributed by atoms with van der Waals surface area (Å²) in [6.07, 6.45) is 5.91. The Kier molecular flexibility index (Phi) is 5.36. The highest BCUT2D eigenvalue weighted by Gasteiger charge is 2.22. The Bertz CT molecular complexity index is 454. The van der Waals surface area contributed by atoms with Crippen molar-refractivity contribution in [3.05, 3.63) is 35.4 Å². The fraction of sp³-hybridized carbons (Fsp3) is 0.611. The third kappa shape index (κ3) is 3.92. The van der Waals surface area contributed by atoms with Crippen LogP contribution in [0.15, 0.2) is 24.3 Å². The molecule has 0 aliphatic heterocycles. The van der Waals surface area contributed by atoms with Crippen molar-refractivity contribution < 1.29 is 4.79 Å². The van der Waals surface area contributed by atoms with Crippen molar-refractivity contribution in [2.45, 2.75) is 52.0 Å². The third-order valence-electron chi connectivity index (χ3n) is 4.67. The van der Waals surface area contributed by atoms with Gasteiger partial charge in [-0.05, 0) is 38.3 Å². The van der Waals surface area contributed by atoms with Gasteiger partial charge in [-0.1, -0.05) is 44.0 Å². The highest BCUT2D eigenvalue weighted by molar-refractivity contribution is 5.97. The van der Waals surface area contributed by atoms with Crippen molar-refractivity contribution in [1.29, 1.82) is 0 Å². The maximum Gasteiger partial charge on any atom is 0.164 e. The van der Waals surface area contributed by atoms with Gasteiger partial charge in [0.1, 0.15) is 0 Å². The summed E-state index contributed by atoms with van der Waals surface area (Å²) in [5.41, 5.74) is 1.98. The van der Waals surface area contributed by atoms with Gasteiger partial charge in [-0.25, -0.2) is 0 Å². The molecule has 0 bridgehead atoms. The fourth-order valence-corrected chi connectivity index (χ4v) is 3.28. The molecule has 1 saturated carbocycles. The zero-order chi connectivity index (χ0) is 14.5. The van der Waals surface area contributed by atoms with E-state index in [1.807, 2.05) is 31.2 Å². The zero-order valence-corrected chi connectivity index (χ0v) is 13.1. The zero-order valence-electron chi connectivity index (χ0n) is 13.1. The maximum absolute atomic E-state index is 12.3. The van der Waals surface area contributed by atoms with E-state index in [9.17, 15) is 4.79 Å². The van der Waals surface area contributed by atoms with Crippen LogP contribution in [0, 0.1) is 12.8 Å². The lowest BCUT2D eigenvalue weighted by atomic mass is 9.86. The second-order valence-electron chi connectivity index (χ2n) is 6.39. The topological polar surface area (TPSA) is 20.3 Å². The van der Waals surface area contributed by atoms with Gasteiger partial charge in [0.2, 0.25) is 0 Å². The average molecular weight is 273 g/mol. The van der Waals surface area contributed by atoms with Crippen LogP contribution >= 0.6 is 0 Å². The molecule has 0 N–H and O–H groups in total. The lowest BCUT2D eigenvalue weighted by Gasteiger charge is -2.34. The van der Waals surface area contributed by atoms with E-state index >= 15 is 0 Å². The smallest absolute Gasteiger partial charge is 0.164 e. The molecule has 2 heteroatoms. The minimum atomic E-state index is 0.277. The van der Waals surface area contributed by atoms with Crippen LogP contribution in [-0.4, -0.2) is 30.3 Å². The molecule has 2 rings (SSSR count). The number of hydrogen-bond donors (Lipinski definition) is 0. The number of nitrogens with zero attached hydrogens (tertiary/aromatic N) is 1. The molecule has 2 nitrogen and oxygen atoms in total. The van der Waals surface area contributed by atoms with Gasteiger partial charge >= 0.3 is 0 Å². The van der Waals surface area contributed by atoms with E-state index < -0.39 is 0 Å². The molecular formula is C18H27NO. The van der Waals surface area contributed by atoms with E-state index in [0.717, 1.165) is 23.6 Å². The minimum Gasteiger partial charge on any atom is -0.303 e. The standard InChI is InChI=1S/C18H27NO/c1-14-7-6-9-16(13-14)19(3)12-11-18(20)17-10-5-4-8-15(17)2/h4-5,8,10,14,16H,6-7,9,11-13H2,1-3H3. The molecule has 0 radical (unpaired) electrons. The van der Waals surface area contributed by atoms with Crippen molar-refractivity contribution in [2.75, 3.05) is 13.6 Å². The SMILES string of the molecule is Cc1ccccc1C(=O)CCN(C)C1CCCC(C)C1. The molecule has 0 heterocycles. The molecule has 20 heavy (non-hydrogen) atoms. The van der Waals surface area contributed by atoms with Crippen molar-refractivity contribution in [3.8, 4) is 0 Å². The number of Topliss-reactive ketones (excluding diaryl/α,β-unsaturated/α-hetero) is 1. The van der Waals surface area contributed by atoms with E-state index in [-0.39, 0.29) is 5.78 Å². The highest BCUT2D eigenvalue weighted by atomic mass is 16.1. The lowest BCUT2D eigenvalue weighted by molar-refractivity contribution is 0.0945. The molecule has 0 spiro atoms. The van der Waals surface area contributed by atoms with E-state index in [1.165, 1.54) is 25.7 Å². The second-order valence-corrected chi connectivity index (χ2v) is 6.39. The summed E-state index contributed by atoms with van der Waals surface area (Å²) in [6, 6.07) is 8.57. The Morgan fingerprint density at radius 2 is 2.05 bits per heavy atom. The predicted octanol–water partition coefficient (Wildman–Crippen LogP) is 4.08. The average Bonchev–Trinajstić information content (AvgIpc) is 2.45. The summed E-state index contributed by atoms with van der Waals surface area (Å²) in [5, 5.41) is 0. The number of carbonyl (C=O) groups is 1. The predicted molar refractivity (Wildman–Crippen MR) is 84.2 cm³/mol. The Hall–Kier alpha value is -1.15. The van der Waals surface area contributed by atoms with Gasteiger partial charge in [-0.2, -0.15) is 0 Å². The normalized spacial score (nSPS) is 23.0. The first-order chi connectivity index (χ1) is 9.58. The molecule has 1 aliphatic carbocycles. The first kappa shape index (κ1) is 15.2. The number of rotatable bonds is 5. The molecule has 110 valence electrons. The van der Waals surface area contributed by atoms with E-state index in [4.69, 9.17) is 0 Å². The first-order valence-corrected chi connectivity index (χ1v) is 7.87. The minimum absolute atomic E-state index is 0.277. The van der Waals surface area contributed by atoms with Crippen molar-refractivity contribution >= 4 is 5.78 Å². The Balaban J connectivity index is 1.85. The summed E-state index contributed by atoms with van der Waals surface area (Å²) in [4.78, 5) is 14.7. The number of aryl methyl sites for hydroxylation is 1. The van der Waals surface area contributed by atoms with Crippen LogP contribution in [0.3, 0.4) is 0 Å². The van der Waals surface area contributed by atoms with Gasteiger partial charge < -0.3 is 4.90 Å². The van der Waals surface area contributed by atoms with Crippen LogP contribution in [0.2, 0.25) is 0 Å². The molecule has 2 unspecified atom stereocenters. The van der Waals surface area contributed by atoms with Gasteiger partial charge in [0, 0.05) is 24.6 Å². The van der Waals surface area contributed by atoms with Gasteiger partial charge in [0.05, 0.1) is 0 Å². The molecule has 1 aliphatic rings. The molecule has 0 amide bonds. The molecule has 1 aromatic rings. The van der Waals surface area contributed by atoms with Crippen LogP contribution in [0.25, 0.3) is 0 Å². The molecule has 0 saturated heterocycles. The molecule has 0 aromatic heterocycles. The maximum atomic E-state index is 12.3. The molecule has 2 atom stereocenters. The molecular weight excluding hydrogens is 246 g/mol. The summed E-state index contributed by atoms with van der Waals surface area (Å²) in [6.45, 7) is 5.24. The van der Waals surface area contributed by atoms with Crippen LogP contribution in [0.5, 0.6) is 0 Å². The Labute approximate surface area is 123 Å². The van der Waals surface area contributed by atoms with Crippen molar-refractivity contribution in [3.63, 3.8) is 0 Å². The van der Waals surface area contributed by atoms with Crippen molar-refractivity contribution in [2.24, 2.45) is 5.92 Å². The van der Waals surface area contributed by atoms with Crippen molar-refractivity contribution in [1.82, 2.24) is 4.90 Å². The largest absolute Gasteiger partial charge is 0.303 e. The summed E-state index contributed by atoms with van der Waals surface area (Å²) < 4.78 is 0. The molecule has 1 fully saturated rings. The first-order valence-electron chi connectivity index (χ1n) is 7.87. The van der Waals surface area contributed by atoms with Crippen LogP contribution < -0.4 is 0 Å². The Morgan fingerprint density at radius 3 is 2.75 bits per heavy atom. The van der Waals surface area contributed by atoms with E-state index in [1.54, 1.807) is 0 Å². The van der Waals surface area contributed by atoms with Gasteiger partial charge in [0.25, 0.3) is 0 Å². The summed E-state index contributed by atoms with van der Waals surface area (Å²) in [7, 11) is 2.17. The van der Waals surface area contributed by atoms with Crippen LogP contribution in [0.4, 0.5) is 0 Å². The number of hydrogen-bond acceptors (Lipinski definition) is 2. The van der Waals surface area contributed by atoms with Gasteiger partial charge in [0.15, 0.2) is 5.78 Å². The van der Waals surface area contributed by atoms with E-state index in [2.05, 4.69) is 18.9 Å². The fourth-order valence-electron chi connectivity index (χ4n) is 3.28. The number of carbonyl (C=O) groups excluding carboxylic acids is 1. The quantitative estimate of drug-likeness (QED) is 0.753. The van der Waals surface area contributed by atoms with E-state index in [0.29, 0.717) is 12.5 Å². The third-order valence-corrected chi connectivity index (χ3v) is 4.67. The number of ketones is 1. The second kappa shape index (κ2) is 7.03. The molecule has 1 aromatic carbocycles. The Morgan fingerprint density at radius 1 is 1.30 bits per heavy atom. The summed E-state index contributed by atoms with van der Waals surface area (Å²) >= 11 is 0. The van der Waals surface area contributed by atoms with Crippen LogP contribution in [0.1, 0.15) is 54.9 Å². The van der Waals surface area contributed by atoms with Crippen LogP contribution in [-0.2, 0) is 0 Å². The lowest BCUT2D eigenvalue weighted by Crippen LogP contribution is -2.36.